The highest BCUT2D eigenvalue weighted by molar-refractivity contribution is 6.01. The van der Waals surface area contributed by atoms with Gasteiger partial charge in [-0.1, -0.05) is 0 Å². The molecule has 3 aliphatic heterocycles. The Hall–Kier alpha value is -4.05. The van der Waals surface area contributed by atoms with E-state index in [2.05, 4.69) is 32.0 Å². The summed E-state index contributed by atoms with van der Waals surface area (Å²) in [6, 6.07) is 7.85. The zero-order valence-electron chi connectivity index (χ0n) is 22.1. The number of ether oxygens (including phenoxy) is 1. The molecule has 1 aromatic heterocycles. The van der Waals surface area contributed by atoms with E-state index in [1.807, 2.05) is 29.2 Å². The molecule has 2 N–H and O–H groups in total. The third kappa shape index (κ3) is 4.69. The van der Waals surface area contributed by atoms with Gasteiger partial charge in [0.2, 0.25) is 17.6 Å². The van der Waals surface area contributed by atoms with Crippen molar-refractivity contribution >= 4 is 23.6 Å². The number of carbonyl (C=O) groups excluding carboxylic acids is 3. The summed E-state index contributed by atoms with van der Waals surface area (Å²) in [4.78, 5) is 45.3. The molecule has 4 heterocycles. The molecular weight excluding hydrogens is 502 g/mol. The average molecular weight is 534 g/mol. The van der Waals surface area contributed by atoms with Gasteiger partial charge in [-0.15, -0.1) is 10.2 Å². The molecule has 0 unspecified atom stereocenters. The molecule has 6 atom stereocenters. The molecule has 39 heavy (non-hydrogen) atoms. The summed E-state index contributed by atoms with van der Waals surface area (Å²) in [6.45, 7) is 6.00. The molecule has 2 aromatic rings. The van der Waals surface area contributed by atoms with Gasteiger partial charge < -0.3 is 19.9 Å². The number of anilines is 1. The van der Waals surface area contributed by atoms with E-state index in [1.165, 1.54) is 0 Å². The predicted molar refractivity (Wildman–Crippen MR) is 137 cm³/mol. The molecule has 2 bridgehead atoms. The molecule has 1 aliphatic carbocycles. The average Bonchev–Trinajstić information content (AvgIpc) is 3.32. The van der Waals surface area contributed by atoms with E-state index in [-0.39, 0.29) is 30.4 Å². The fourth-order valence-electron chi connectivity index (χ4n) is 6.20. The number of aromatic amines is 1. The Morgan fingerprint density at radius 2 is 2.00 bits per heavy atom. The zero-order valence-corrected chi connectivity index (χ0v) is 22.1. The minimum atomic E-state index is -0.926. The second-order valence-electron chi connectivity index (χ2n) is 11.7. The maximum Gasteiger partial charge on any atom is 0.408 e. The largest absolute Gasteiger partial charge is 0.444 e. The number of hydrogen-bond donors (Lipinski definition) is 2. The van der Waals surface area contributed by atoms with E-state index < -0.39 is 29.8 Å². The summed E-state index contributed by atoms with van der Waals surface area (Å²) in [5, 5.41) is 26.3. The van der Waals surface area contributed by atoms with Crippen LogP contribution in [0.25, 0.3) is 11.4 Å². The number of rotatable bonds is 6. The van der Waals surface area contributed by atoms with Crippen LogP contribution in [0.3, 0.4) is 0 Å². The topological polar surface area (TPSA) is 160 Å². The van der Waals surface area contributed by atoms with Gasteiger partial charge >= 0.3 is 6.09 Å². The monoisotopic (exact) mass is 533 g/mol. The highest BCUT2D eigenvalue weighted by atomic mass is 16.6. The van der Waals surface area contributed by atoms with Crippen LogP contribution in [0.15, 0.2) is 24.3 Å². The lowest BCUT2D eigenvalue weighted by molar-refractivity contribution is -0.136. The van der Waals surface area contributed by atoms with Crippen molar-refractivity contribution in [2.75, 3.05) is 18.0 Å². The number of H-pyrrole nitrogens is 1. The number of piperidine rings is 1. The van der Waals surface area contributed by atoms with Crippen LogP contribution in [-0.2, 0) is 14.3 Å². The van der Waals surface area contributed by atoms with Crippen molar-refractivity contribution in [2.24, 2.45) is 5.92 Å². The summed E-state index contributed by atoms with van der Waals surface area (Å²) in [5.41, 5.74) is 0.841. The first-order valence-electron chi connectivity index (χ1n) is 13.3. The second kappa shape index (κ2) is 9.30. The number of nitriles is 1. The zero-order chi connectivity index (χ0) is 27.5. The summed E-state index contributed by atoms with van der Waals surface area (Å²) in [6.07, 6.45) is 1.49. The number of carbonyl (C=O) groups is 3. The van der Waals surface area contributed by atoms with Gasteiger partial charge in [0.1, 0.15) is 17.7 Å². The highest BCUT2D eigenvalue weighted by Gasteiger charge is 2.56. The number of hydrogen-bond acceptors (Lipinski definition) is 9. The first kappa shape index (κ1) is 25.2. The predicted octanol–water partition coefficient (Wildman–Crippen LogP) is 1.06. The fraction of sp³-hybridized carbons (Fsp3) is 0.577. The van der Waals surface area contributed by atoms with Crippen molar-refractivity contribution in [2.45, 2.75) is 75.8 Å². The van der Waals surface area contributed by atoms with E-state index in [9.17, 15) is 19.6 Å². The molecule has 0 spiro atoms. The molecule has 3 saturated heterocycles. The SMILES string of the molecule is CC(C)(C)OC(=O)N[C@@H](CN1C[C@H]2C[C@@H]1C(=O)N2c1ccc(-c2nn[nH]n2)cc1)C(=O)N1[C@H](C#N)C[C@@H]2C[C@@H]21. The van der Waals surface area contributed by atoms with Gasteiger partial charge in [0, 0.05) is 30.4 Å². The van der Waals surface area contributed by atoms with Crippen LogP contribution in [0, 0.1) is 17.2 Å². The molecule has 204 valence electrons. The number of nitrogens with one attached hydrogen (secondary N) is 2. The van der Waals surface area contributed by atoms with Gasteiger partial charge in [0.15, 0.2) is 0 Å². The number of benzene rings is 1. The van der Waals surface area contributed by atoms with Crippen LogP contribution < -0.4 is 10.2 Å². The number of nitrogens with zero attached hydrogens (tertiary/aromatic N) is 7. The van der Waals surface area contributed by atoms with Gasteiger partial charge in [-0.2, -0.15) is 10.5 Å². The molecule has 13 heteroatoms. The third-order valence-electron chi connectivity index (χ3n) is 7.93. The minimum absolute atomic E-state index is 0.0413. The molecule has 6 rings (SSSR count). The maximum absolute atomic E-state index is 13.7. The van der Waals surface area contributed by atoms with Crippen molar-refractivity contribution in [1.29, 1.82) is 5.26 Å². The van der Waals surface area contributed by atoms with E-state index in [0.29, 0.717) is 31.1 Å². The minimum Gasteiger partial charge on any atom is -0.444 e. The molecule has 4 aliphatic rings. The smallest absolute Gasteiger partial charge is 0.408 e. The van der Waals surface area contributed by atoms with Crippen molar-refractivity contribution in [3.8, 4) is 17.5 Å². The highest BCUT2D eigenvalue weighted by Crippen LogP contribution is 2.48. The summed E-state index contributed by atoms with van der Waals surface area (Å²) < 4.78 is 5.44. The lowest BCUT2D eigenvalue weighted by Crippen LogP contribution is -2.59. The lowest BCUT2D eigenvalue weighted by atomic mass is 10.1. The molecule has 1 aromatic carbocycles. The quantitative estimate of drug-likeness (QED) is 0.553. The number of tetrazole rings is 1. The van der Waals surface area contributed by atoms with Gasteiger partial charge in [-0.25, -0.2) is 4.79 Å². The van der Waals surface area contributed by atoms with Crippen LogP contribution in [0.1, 0.15) is 40.0 Å². The van der Waals surface area contributed by atoms with Crippen LogP contribution in [0.4, 0.5) is 10.5 Å². The van der Waals surface area contributed by atoms with E-state index in [1.54, 1.807) is 30.6 Å². The van der Waals surface area contributed by atoms with E-state index >= 15 is 0 Å². The van der Waals surface area contributed by atoms with Gasteiger partial charge in [-0.05, 0) is 75.4 Å². The van der Waals surface area contributed by atoms with Crippen molar-refractivity contribution < 1.29 is 19.1 Å². The number of amides is 3. The normalized spacial score (nSPS) is 28.3. The number of likely N-dealkylation sites (tertiary alicyclic amines) is 2. The Bertz CT molecular complexity index is 1320. The number of alkyl carbamates (subject to hydrolysis) is 1. The Balaban J connectivity index is 1.17. The molecule has 4 fully saturated rings. The maximum atomic E-state index is 13.7. The van der Waals surface area contributed by atoms with Crippen molar-refractivity contribution in [3.05, 3.63) is 24.3 Å². The number of aromatic nitrogens is 4. The summed E-state index contributed by atoms with van der Waals surface area (Å²) in [5.74, 6) is 0.497. The Labute approximate surface area is 225 Å². The van der Waals surface area contributed by atoms with Gasteiger partial charge in [0.25, 0.3) is 0 Å². The van der Waals surface area contributed by atoms with E-state index in [4.69, 9.17) is 4.74 Å². The molecule has 1 saturated carbocycles. The molecule has 0 radical (unpaired) electrons. The molecule has 13 nitrogen and oxygen atoms in total. The third-order valence-corrected chi connectivity index (χ3v) is 7.93. The summed E-state index contributed by atoms with van der Waals surface area (Å²) >= 11 is 0. The Kier molecular flexibility index (Phi) is 6.02. The number of piperazine rings is 1. The van der Waals surface area contributed by atoms with Crippen molar-refractivity contribution in [3.63, 3.8) is 0 Å². The first-order chi connectivity index (χ1) is 18.6. The second-order valence-corrected chi connectivity index (χ2v) is 11.7. The van der Waals surface area contributed by atoms with Gasteiger partial charge in [0.05, 0.1) is 18.2 Å². The standard InChI is InChI=1S/C26H31N9O4/c1-26(2,3)39-25(38)28-19(23(36)35-17(11-27)8-15-9-20(15)35)13-33-12-18-10-21(33)24(37)34(18)16-6-4-14(5-7-16)22-29-31-32-30-22/h4-7,15,17-21H,8-10,12-13H2,1-3H3,(H,28,38)(H,29,30,31,32)/t15-,17+,18-,19+,20+,21-/m1/s1. The number of fused-ring (bicyclic) bond motifs is 3. The molecule has 3 amide bonds. The van der Waals surface area contributed by atoms with Crippen LogP contribution in [0.2, 0.25) is 0 Å². The fourth-order valence-corrected chi connectivity index (χ4v) is 6.20. The van der Waals surface area contributed by atoms with Crippen LogP contribution in [0.5, 0.6) is 0 Å². The van der Waals surface area contributed by atoms with E-state index in [0.717, 1.165) is 17.7 Å². The van der Waals surface area contributed by atoms with Gasteiger partial charge in [-0.3, -0.25) is 14.5 Å². The summed E-state index contributed by atoms with van der Waals surface area (Å²) in [7, 11) is 0. The lowest BCUT2D eigenvalue weighted by Gasteiger charge is -2.36. The van der Waals surface area contributed by atoms with Crippen LogP contribution in [-0.4, -0.2) is 97.2 Å². The molecular formula is C26H31N9O4. The Morgan fingerprint density at radius 1 is 1.23 bits per heavy atom. The van der Waals surface area contributed by atoms with Crippen molar-refractivity contribution in [1.82, 2.24) is 35.7 Å². The van der Waals surface area contributed by atoms with Crippen LogP contribution >= 0.6 is 0 Å². The first-order valence-corrected chi connectivity index (χ1v) is 13.3. The Morgan fingerprint density at radius 3 is 2.64 bits per heavy atom.